The number of ether oxygens (including phenoxy) is 2. The molecule has 0 unspecified atom stereocenters. The number of hydrogen-bond acceptors (Lipinski definition) is 5. The molecule has 0 aliphatic rings. The van der Waals surface area contributed by atoms with Gasteiger partial charge in [0, 0.05) is 5.56 Å². The fourth-order valence-corrected chi connectivity index (χ4v) is 2.36. The Morgan fingerprint density at radius 2 is 1.85 bits per heavy atom. The molecule has 1 aromatic heterocycles. The minimum absolute atomic E-state index is 0.585. The van der Waals surface area contributed by atoms with E-state index in [0.29, 0.717) is 17.1 Å². The van der Waals surface area contributed by atoms with Gasteiger partial charge in [-0.2, -0.15) is 5.26 Å². The maximum absolute atomic E-state index is 9.02. The maximum Gasteiger partial charge on any atom is 0.161 e. The van der Waals surface area contributed by atoms with Gasteiger partial charge in [-0.15, -0.1) is 11.8 Å². The van der Waals surface area contributed by atoms with Crippen LogP contribution >= 0.6 is 11.8 Å². The van der Waals surface area contributed by atoms with E-state index in [1.165, 1.54) is 11.8 Å². The van der Waals surface area contributed by atoms with Crippen molar-refractivity contribution in [1.29, 1.82) is 5.26 Å². The molecular weight excluding hydrogens is 272 g/mol. The highest BCUT2D eigenvalue weighted by Crippen LogP contribution is 2.32. The monoisotopic (exact) mass is 286 g/mol. The summed E-state index contributed by atoms with van der Waals surface area (Å²) in [4.78, 5) is 4.51. The molecule has 0 atom stereocenters. The molecule has 0 fully saturated rings. The third-order valence-corrected chi connectivity index (χ3v) is 3.55. The number of methoxy groups -OCH3 is 2. The zero-order valence-electron chi connectivity index (χ0n) is 11.5. The van der Waals surface area contributed by atoms with Crippen LogP contribution in [0, 0.1) is 11.3 Å². The topological polar surface area (TPSA) is 55.1 Å². The Balaban J connectivity index is 2.49. The van der Waals surface area contributed by atoms with E-state index in [2.05, 4.69) is 11.1 Å². The Morgan fingerprint density at radius 1 is 1.10 bits per heavy atom. The first-order valence-corrected chi connectivity index (χ1v) is 7.13. The number of rotatable bonds is 4. The van der Waals surface area contributed by atoms with Crippen LogP contribution in [0.1, 0.15) is 5.56 Å². The lowest BCUT2D eigenvalue weighted by molar-refractivity contribution is 0.355. The zero-order chi connectivity index (χ0) is 14.5. The van der Waals surface area contributed by atoms with Crippen molar-refractivity contribution in [3.8, 4) is 28.8 Å². The largest absolute Gasteiger partial charge is 0.493 e. The van der Waals surface area contributed by atoms with Crippen LogP contribution in [-0.4, -0.2) is 25.5 Å². The molecule has 2 aromatic rings. The Kier molecular flexibility index (Phi) is 4.49. The molecule has 0 radical (unpaired) electrons. The molecule has 0 aliphatic heterocycles. The fourth-order valence-electron chi connectivity index (χ4n) is 1.84. The molecule has 2 rings (SSSR count). The van der Waals surface area contributed by atoms with Gasteiger partial charge < -0.3 is 9.47 Å². The quantitative estimate of drug-likeness (QED) is 0.807. The number of nitriles is 1. The highest BCUT2D eigenvalue weighted by Gasteiger charge is 2.09. The van der Waals surface area contributed by atoms with E-state index < -0.39 is 0 Å². The van der Waals surface area contributed by atoms with Gasteiger partial charge in [-0.1, -0.05) is 0 Å². The Bertz CT molecular complexity index is 665. The van der Waals surface area contributed by atoms with E-state index in [4.69, 9.17) is 14.7 Å². The summed E-state index contributed by atoms with van der Waals surface area (Å²) >= 11 is 1.46. The summed E-state index contributed by atoms with van der Waals surface area (Å²) in [7, 11) is 3.20. The molecule has 4 nitrogen and oxygen atoms in total. The van der Waals surface area contributed by atoms with Crippen LogP contribution in [0.4, 0.5) is 0 Å². The van der Waals surface area contributed by atoms with E-state index in [9.17, 15) is 0 Å². The minimum Gasteiger partial charge on any atom is -0.493 e. The lowest BCUT2D eigenvalue weighted by Crippen LogP contribution is -1.93. The second-order valence-electron chi connectivity index (χ2n) is 3.93. The summed E-state index contributed by atoms with van der Waals surface area (Å²) in [5.74, 6) is 1.33. The highest BCUT2D eigenvalue weighted by atomic mass is 32.2. The molecular formula is C15H14N2O2S. The minimum atomic E-state index is 0.585. The summed E-state index contributed by atoms with van der Waals surface area (Å²) in [6.07, 6.45) is 1.90. The average Bonchev–Trinajstić information content (AvgIpc) is 2.53. The normalized spacial score (nSPS) is 9.90. The van der Waals surface area contributed by atoms with Gasteiger partial charge in [0.15, 0.2) is 11.5 Å². The second kappa shape index (κ2) is 6.31. The van der Waals surface area contributed by atoms with Crippen LogP contribution in [0.25, 0.3) is 11.3 Å². The molecule has 0 N–H and O–H groups in total. The average molecular weight is 286 g/mol. The third kappa shape index (κ3) is 2.70. The predicted molar refractivity (Wildman–Crippen MR) is 79.3 cm³/mol. The van der Waals surface area contributed by atoms with Gasteiger partial charge in [-0.05, 0) is 36.6 Å². The first-order chi connectivity index (χ1) is 9.73. The second-order valence-corrected chi connectivity index (χ2v) is 4.73. The molecule has 20 heavy (non-hydrogen) atoms. The molecule has 0 spiro atoms. The van der Waals surface area contributed by atoms with Crippen molar-refractivity contribution in [3.63, 3.8) is 0 Å². The van der Waals surface area contributed by atoms with Crippen molar-refractivity contribution in [2.75, 3.05) is 20.5 Å². The summed E-state index contributed by atoms with van der Waals surface area (Å²) in [6, 6.07) is 11.4. The number of aromatic nitrogens is 1. The number of benzene rings is 1. The molecule has 1 aromatic carbocycles. The van der Waals surface area contributed by atoms with Gasteiger partial charge in [0.05, 0.1) is 25.5 Å². The standard InChI is InChI=1S/C15H14N2O2S/c1-18-13-7-5-10(8-14(13)19-2)12-6-4-11(9-16)15(17-12)20-3/h4-8H,1-3H3. The number of pyridine rings is 1. The maximum atomic E-state index is 9.02. The number of thioether (sulfide) groups is 1. The Hall–Kier alpha value is -2.19. The summed E-state index contributed by atoms with van der Waals surface area (Å²) in [6.45, 7) is 0. The van der Waals surface area contributed by atoms with Crippen molar-refractivity contribution in [3.05, 3.63) is 35.9 Å². The van der Waals surface area contributed by atoms with E-state index in [-0.39, 0.29) is 0 Å². The van der Waals surface area contributed by atoms with Crippen molar-refractivity contribution < 1.29 is 9.47 Å². The molecule has 1 heterocycles. The molecule has 0 aliphatic carbocycles. The molecule has 0 bridgehead atoms. The Morgan fingerprint density at radius 3 is 2.45 bits per heavy atom. The molecule has 102 valence electrons. The summed E-state index contributed by atoms with van der Waals surface area (Å²) < 4.78 is 10.5. The van der Waals surface area contributed by atoms with Crippen LogP contribution in [0.2, 0.25) is 0 Å². The smallest absolute Gasteiger partial charge is 0.161 e. The predicted octanol–water partition coefficient (Wildman–Crippen LogP) is 3.36. The van der Waals surface area contributed by atoms with Crippen molar-refractivity contribution in [2.24, 2.45) is 0 Å². The van der Waals surface area contributed by atoms with Crippen molar-refractivity contribution in [2.45, 2.75) is 5.03 Å². The van der Waals surface area contributed by atoms with E-state index in [0.717, 1.165) is 16.3 Å². The van der Waals surface area contributed by atoms with Gasteiger partial charge in [0.2, 0.25) is 0 Å². The first kappa shape index (κ1) is 14.2. The van der Waals surface area contributed by atoms with Crippen LogP contribution < -0.4 is 9.47 Å². The van der Waals surface area contributed by atoms with Crippen LogP contribution in [0.15, 0.2) is 35.4 Å². The molecule has 0 saturated heterocycles. The zero-order valence-corrected chi connectivity index (χ0v) is 12.3. The van der Waals surface area contributed by atoms with Gasteiger partial charge >= 0.3 is 0 Å². The SMILES string of the molecule is COc1ccc(-c2ccc(C#N)c(SC)n2)cc1OC. The number of hydrogen-bond donors (Lipinski definition) is 0. The van der Waals surface area contributed by atoms with Gasteiger partial charge in [0.1, 0.15) is 11.1 Å². The van der Waals surface area contributed by atoms with E-state index >= 15 is 0 Å². The lowest BCUT2D eigenvalue weighted by Gasteiger charge is -2.10. The van der Waals surface area contributed by atoms with Gasteiger partial charge in [-0.25, -0.2) is 4.98 Å². The van der Waals surface area contributed by atoms with Crippen molar-refractivity contribution >= 4 is 11.8 Å². The lowest BCUT2D eigenvalue weighted by atomic mass is 10.1. The van der Waals surface area contributed by atoms with E-state index in [1.807, 2.05) is 30.5 Å². The highest BCUT2D eigenvalue weighted by molar-refractivity contribution is 7.98. The summed E-state index contributed by atoms with van der Waals surface area (Å²) in [5, 5.41) is 9.74. The first-order valence-electron chi connectivity index (χ1n) is 5.91. The van der Waals surface area contributed by atoms with E-state index in [1.54, 1.807) is 20.3 Å². The third-order valence-electron chi connectivity index (χ3n) is 2.85. The van der Waals surface area contributed by atoms with Crippen LogP contribution in [0.5, 0.6) is 11.5 Å². The fraction of sp³-hybridized carbons (Fsp3) is 0.200. The molecule has 0 saturated carbocycles. The molecule has 0 amide bonds. The van der Waals surface area contributed by atoms with Crippen LogP contribution in [-0.2, 0) is 0 Å². The van der Waals surface area contributed by atoms with Gasteiger partial charge in [0.25, 0.3) is 0 Å². The van der Waals surface area contributed by atoms with Gasteiger partial charge in [-0.3, -0.25) is 0 Å². The van der Waals surface area contributed by atoms with Crippen molar-refractivity contribution in [1.82, 2.24) is 4.98 Å². The molecule has 5 heteroatoms. The Labute approximate surface area is 122 Å². The summed E-state index contributed by atoms with van der Waals surface area (Å²) in [5.41, 5.74) is 2.30. The number of nitrogens with zero attached hydrogens (tertiary/aromatic N) is 2. The van der Waals surface area contributed by atoms with Crippen LogP contribution in [0.3, 0.4) is 0 Å².